The number of fused-ring (bicyclic) bond motifs is 5. The lowest BCUT2D eigenvalue weighted by atomic mass is 9.39. The first kappa shape index (κ1) is 45.7. The van der Waals surface area contributed by atoms with Crippen molar-refractivity contribution in [2.24, 2.45) is 45.3 Å². The van der Waals surface area contributed by atoms with Gasteiger partial charge in [0, 0.05) is 5.41 Å². The minimum atomic E-state index is -1.67. The molecule has 57 heavy (non-hydrogen) atoms. The molecule has 0 spiro atoms. The molecule has 6 rings (SSSR count). The Labute approximate surface area is 336 Å². The van der Waals surface area contributed by atoms with Gasteiger partial charge in [0.1, 0.15) is 61.0 Å². The van der Waals surface area contributed by atoms with E-state index in [2.05, 4.69) is 40.7 Å². The zero-order chi connectivity index (χ0) is 42.4. The normalized spacial score (nSPS) is 49.5. The van der Waals surface area contributed by atoms with Crippen LogP contribution in [0, 0.1) is 45.3 Å². The Morgan fingerprint density at radius 2 is 1.35 bits per heavy atom. The Balaban J connectivity index is 1.15. The standard InChI is InChI=1S/C42H72O15/c1-19(27(44)32(49)35(52)39(4,5)53)20-13-14-42(8)25-11-9-21-22(40(25,6)15-16-41(20,42)7)10-12-26(38(21,2)3)57-37-34(51)31(48)29(46)24(56-37)18-54-36-33(50)30(47)28(45)23(17-43)55-36/h9,19-20,22-37,43-53H,10-18H2,1-8H3/t19-,20-,22+,23+,24+,25+,26+,27-,28-,29-,30-,31-,32+,33+,34+,35+,36+,37-,40+,41-,42-/m0/s1. The van der Waals surface area contributed by atoms with Crippen molar-refractivity contribution in [3.63, 3.8) is 0 Å². The fraction of sp³-hybridized carbons (Fsp3) is 0.952. The van der Waals surface area contributed by atoms with Crippen molar-refractivity contribution in [3.8, 4) is 0 Å². The maximum Gasteiger partial charge on any atom is 0.187 e. The van der Waals surface area contributed by atoms with Crippen molar-refractivity contribution < 1.29 is 75.1 Å². The lowest BCUT2D eigenvalue weighted by Gasteiger charge is -2.66. The fourth-order valence-electron chi connectivity index (χ4n) is 12.7. The number of aliphatic hydroxyl groups is 11. The van der Waals surface area contributed by atoms with Crippen molar-refractivity contribution in [2.45, 2.75) is 192 Å². The molecule has 5 fully saturated rings. The number of rotatable bonds is 11. The van der Waals surface area contributed by atoms with E-state index in [-0.39, 0.29) is 34.0 Å². The van der Waals surface area contributed by atoms with E-state index in [0.717, 1.165) is 38.5 Å². The number of hydrogen-bond acceptors (Lipinski definition) is 15. The monoisotopic (exact) mass is 816 g/mol. The Morgan fingerprint density at radius 1 is 0.754 bits per heavy atom. The summed E-state index contributed by atoms with van der Waals surface area (Å²) in [6.45, 7) is 15.2. The van der Waals surface area contributed by atoms with E-state index in [1.165, 1.54) is 19.4 Å². The van der Waals surface area contributed by atoms with Crippen LogP contribution in [0.5, 0.6) is 0 Å². The summed E-state index contributed by atoms with van der Waals surface area (Å²) in [5.74, 6) is 0.434. The lowest BCUT2D eigenvalue weighted by molar-refractivity contribution is -0.340. The number of allylic oxidation sites excluding steroid dienone is 1. The highest BCUT2D eigenvalue weighted by Crippen LogP contribution is 2.75. The molecule has 4 aliphatic carbocycles. The molecule has 6 aliphatic rings. The summed E-state index contributed by atoms with van der Waals surface area (Å²) >= 11 is 0. The molecule has 0 aromatic rings. The minimum absolute atomic E-state index is 0.0258. The highest BCUT2D eigenvalue weighted by molar-refractivity contribution is 5.30. The first-order chi connectivity index (χ1) is 26.4. The van der Waals surface area contributed by atoms with E-state index in [0.29, 0.717) is 12.3 Å². The summed E-state index contributed by atoms with van der Waals surface area (Å²) in [6, 6.07) is 0. The highest BCUT2D eigenvalue weighted by Gasteiger charge is 2.68. The molecule has 11 N–H and O–H groups in total. The van der Waals surface area contributed by atoms with Gasteiger partial charge in [-0.05, 0) is 98.7 Å². The summed E-state index contributed by atoms with van der Waals surface area (Å²) in [7, 11) is 0. The van der Waals surface area contributed by atoms with Crippen LogP contribution in [0.2, 0.25) is 0 Å². The van der Waals surface area contributed by atoms with Crippen molar-refractivity contribution >= 4 is 0 Å². The van der Waals surface area contributed by atoms with Gasteiger partial charge in [0.15, 0.2) is 12.6 Å². The molecule has 2 heterocycles. The number of aliphatic hydroxyl groups excluding tert-OH is 10. The number of ether oxygens (including phenoxy) is 4. The van der Waals surface area contributed by atoms with Crippen LogP contribution in [-0.4, -0.2) is 161 Å². The average Bonchev–Trinajstić information content (AvgIpc) is 3.43. The molecule has 0 bridgehead atoms. The molecule has 2 aliphatic heterocycles. The van der Waals surface area contributed by atoms with Crippen molar-refractivity contribution in [3.05, 3.63) is 11.6 Å². The summed E-state index contributed by atoms with van der Waals surface area (Å²) < 4.78 is 23.6. The molecule has 2 saturated heterocycles. The van der Waals surface area contributed by atoms with Crippen molar-refractivity contribution in [1.82, 2.24) is 0 Å². The van der Waals surface area contributed by atoms with Crippen LogP contribution < -0.4 is 0 Å². The maximum atomic E-state index is 11.4. The largest absolute Gasteiger partial charge is 0.394 e. The third-order valence-corrected chi connectivity index (χ3v) is 16.7. The van der Waals surface area contributed by atoms with Crippen LogP contribution in [0.4, 0.5) is 0 Å². The third-order valence-electron chi connectivity index (χ3n) is 16.7. The van der Waals surface area contributed by atoms with Crippen LogP contribution in [-0.2, 0) is 18.9 Å². The van der Waals surface area contributed by atoms with Gasteiger partial charge in [0.05, 0.1) is 31.0 Å². The van der Waals surface area contributed by atoms with Crippen LogP contribution in [0.3, 0.4) is 0 Å². The average molecular weight is 817 g/mol. The van der Waals surface area contributed by atoms with Crippen LogP contribution in [0.1, 0.15) is 100 Å². The summed E-state index contributed by atoms with van der Waals surface area (Å²) in [5, 5.41) is 116. The molecule has 15 heteroatoms. The molecular formula is C42H72O15. The van der Waals surface area contributed by atoms with Gasteiger partial charge < -0.3 is 75.1 Å². The van der Waals surface area contributed by atoms with Gasteiger partial charge >= 0.3 is 0 Å². The number of hydrogen-bond donors (Lipinski definition) is 11. The smallest absolute Gasteiger partial charge is 0.187 e. The van der Waals surface area contributed by atoms with Gasteiger partial charge in [-0.3, -0.25) is 0 Å². The van der Waals surface area contributed by atoms with Crippen molar-refractivity contribution in [2.75, 3.05) is 13.2 Å². The van der Waals surface area contributed by atoms with Gasteiger partial charge in [0.25, 0.3) is 0 Å². The van der Waals surface area contributed by atoms with E-state index in [4.69, 9.17) is 18.9 Å². The van der Waals surface area contributed by atoms with E-state index in [1.807, 2.05) is 6.92 Å². The van der Waals surface area contributed by atoms with Crippen LogP contribution >= 0.6 is 0 Å². The molecule has 0 aromatic heterocycles. The molecule has 0 amide bonds. The second kappa shape index (κ2) is 16.1. The second-order valence-electron chi connectivity index (χ2n) is 20.4. The van der Waals surface area contributed by atoms with Crippen molar-refractivity contribution in [1.29, 1.82) is 0 Å². The molecule has 0 aromatic carbocycles. The molecule has 3 saturated carbocycles. The molecule has 15 nitrogen and oxygen atoms in total. The molecular weight excluding hydrogens is 744 g/mol. The van der Waals surface area contributed by atoms with Gasteiger partial charge in [-0.25, -0.2) is 0 Å². The van der Waals surface area contributed by atoms with Gasteiger partial charge in [0.2, 0.25) is 0 Å². The zero-order valence-electron chi connectivity index (χ0n) is 34.9. The SMILES string of the molecule is C[C@H]([C@H](O)[C@@H](O)[C@@H](O)C(C)(C)O)[C@@H]1CC[C@@]2(C)[C@@H]3CC=C4[C@@H](CC[C@@H](O[C@@H]5O[C@H](CO[C@@H]6O[C@H](CO)[C@H](O)[C@H](O)[C@H]6O)[C@H](O)[C@H](O)[C@H]5O)C4(C)C)[C@@]3(C)CC[C@@]12C. The molecule has 330 valence electrons. The maximum absolute atomic E-state index is 11.4. The predicted molar refractivity (Wildman–Crippen MR) is 204 cm³/mol. The zero-order valence-corrected chi connectivity index (χ0v) is 34.9. The molecule has 0 unspecified atom stereocenters. The predicted octanol–water partition coefficient (Wildman–Crippen LogP) is 0.0906. The quantitative estimate of drug-likeness (QED) is 0.124. The topological polar surface area (TPSA) is 259 Å². The lowest BCUT2D eigenvalue weighted by Crippen LogP contribution is -2.63. The Kier molecular flexibility index (Phi) is 12.9. The van der Waals surface area contributed by atoms with Gasteiger partial charge in [-0.1, -0.05) is 53.2 Å². The Morgan fingerprint density at radius 3 is 1.96 bits per heavy atom. The fourth-order valence-corrected chi connectivity index (χ4v) is 12.7. The Hall–Kier alpha value is -0.860. The summed E-state index contributed by atoms with van der Waals surface area (Å²) in [4.78, 5) is 0. The van der Waals surface area contributed by atoms with Crippen LogP contribution in [0.15, 0.2) is 11.6 Å². The Bertz CT molecular complexity index is 1440. The highest BCUT2D eigenvalue weighted by atomic mass is 16.7. The van der Waals surface area contributed by atoms with Gasteiger partial charge in [-0.2, -0.15) is 0 Å². The second-order valence-corrected chi connectivity index (χ2v) is 20.4. The van der Waals surface area contributed by atoms with E-state index < -0.39 is 110 Å². The van der Waals surface area contributed by atoms with E-state index >= 15 is 0 Å². The van der Waals surface area contributed by atoms with E-state index in [1.54, 1.807) is 0 Å². The molecule has 21 atom stereocenters. The summed E-state index contributed by atoms with van der Waals surface area (Å²) in [5.41, 5.74) is -0.959. The molecule has 0 radical (unpaired) electrons. The summed E-state index contributed by atoms with van der Waals surface area (Å²) in [6.07, 6.45) is -11.0. The van der Waals surface area contributed by atoms with Gasteiger partial charge in [-0.15, -0.1) is 0 Å². The van der Waals surface area contributed by atoms with E-state index in [9.17, 15) is 56.2 Å². The van der Waals surface area contributed by atoms with Crippen LogP contribution in [0.25, 0.3) is 0 Å². The first-order valence-corrected chi connectivity index (χ1v) is 21.1. The third kappa shape index (κ3) is 7.49. The first-order valence-electron chi connectivity index (χ1n) is 21.1. The minimum Gasteiger partial charge on any atom is -0.394 e.